The second-order valence-corrected chi connectivity index (χ2v) is 6.97. The predicted octanol–water partition coefficient (Wildman–Crippen LogP) is 3.37. The second kappa shape index (κ2) is 4.92. The van der Waals surface area contributed by atoms with Gasteiger partial charge in [-0.05, 0) is 36.0 Å². The van der Waals surface area contributed by atoms with Crippen LogP contribution in [0.1, 0.15) is 40.0 Å². The maximum absolute atomic E-state index is 11.9. The Balaban J connectivity index is 1.77. The van der Waals surface area contributed by atoms with E-state index in [1.165, 1.54) is 19.3 Å². The Morgan fingerprint density at radius 3 is 2.47 bits per heavy atom. The number of nitrogens with one attached hydrogen (secondary N) is 1. The lowest BCUT2D eigenvalue weighted by molar-refractivity contribution is -0.173. The number of hydrogen-bond acceptors (Lipinski definition) is 2. The van der Waals surface area contributed by atoms with Crippen LogP contribution < -0.4 is 5.32 Å². The first-order chi connectivity index (χ1) is 8.65. The Hall–Kier alpha value is -0.290. The fourth-order valence-corrected chi connectivity index (χ4v) is 4.27. The average Bonchev–Trinajstić information content (AvgIpc) is 2.71. The molecule has 2 aliphatic carbocycles. The highest BCUT2D eigenvalue weighted by molar-refractivity contribution is 5.11. The molecule has 0 aliphatic heterocycles. The maximum atomic E-state index is 11.9. The third-order valence-corrected chi connectivity index (χ3v) is 5.13. The highest BCUT2D eigenvalue weighted by Gasteiger charge is 2.58. The lowest BCUT2D eigenvalue weighted by atomic mass is 9.68. The number of hydrogen-bond donors (Lipinski definition) is 1. The van der Waals surface area contributed by atoms with Crippen LogP contribution in [0.15, 0.2) is 0 Å². The molecule has 0 spiro atoms. The van der Waals surface area contributed by atoms with Gasteiger partial charge in [0, 0.05) is 12.6 Å². The van der Waals surface area contributed by atoms with Crippen LogP contribution >= 0.6 is 0 Å². The first-order valence-corrected chi connectivity index (χ1v) is 7.03. The lowest BCUT2D eigenvalue weighted by Gasteiger charge is -2.43. The van der Waals surface area contributed by atoms with E-state index in [1.807, 2.05) is 0 Å². The third-order valence-electron chi connectivity index (χ3n) is 5.13. The van der Waals surface area contributed by atoms with Crippen LogP contribution in [0.4, 0.5) is 13.2 Å². The van der Waals surface area contributed by atoms with Crippen molar-refractivity contribution in [3.8, 4) is 0 Å². The van der Waals surface area contributed by atoms with E-state index in [9.17, 15) is 13.2 Å². The van der Waals surface area contributed by atoms with Crippen molar-refractivity contribution in [1.82, 2.24) is 5.32 Å². The van der Waals surface area contributed by atoms with Gasteiger partial charge in [0.25, 0.3) is 0 Å². The minimum Gasteiger partial charge on any atom is -0.371 e. The molecule has 0 aromatic rings. The summed E-state index contributed by atoms with van der Waals surface area (Å²) in [4.78, 5) is 0. The van der Waals surface area contributed by atoms with Gasteiger partial charge in [-0.1, -0.05) is 20.8 Å². The first-order valence-electron chi connectivity index (χ1n) is 7.03. The molecule has 2 rings (SSSR count). The Bertz CT molecular complexity index is 324. The topological polar surface area (TPSA) is 21.3 Å². The van der Waals surface area contributed by atoms with E-state index in [0.29, 0.717) is 18.0 Å². The Labute approximate surface area is 113 Å². The maximum Gasteiger partial charge on any atom is 0.411 e. The Morgan fingerprint density at radius 2 is 1.95 bits per heavy atom. The molecule has 0 aromatic carbocycles. The molecule has 0 saturated heterocycles. The summed E-state index contributed by atoms with van der Waals surface area (Å²) in [5.41, 5.74) is 0.537. The molecule has 3 atom stereocenters. The fraction of sp³-hybridized carbons (Fsp3) is 1.00. The highest BCUT2D eigenvalue weighted by Crippen LogP contribution is 2.62. The molecule has 2 aliphatic rings. The summed E-state index contributed by atoms with van der Waals surface area (Å²) in [6.07, 6.45) is -0.479. The summed E-state index contributed by atoms with van der Waals surface area (Å²) in [7, 11) is 0. The van der Waals surface area contributed by atoms with Crippen molar-refractivity contribution in [2.45, 2.75) is 52.3 Å². The molecule has 112 valence electrons. The molecule has 0 heterocycles. The summed E-state index contributed by atoms with van der Waals surface area (Å²) in [5, 5.41) is 3.44. The number of halogens is 3. The molecule has 2 bridgehead atoms. The third kappa shape index (κ3) is 3.07. The Kier molecular flexibility index (Phi) is 3.91. The van der Waals surface area contributed by atoms with Gasteiger partial charge >= 0.3 is 6.18 Å². The van der Waals surface area contributed by atoms with Crippen molar-refractivity contribution in [2.75, 3.05) is 19.8 Å². The molecule has 5 heteroatoms. The molecule has 1 N–H and O–H groups in total. The summed E-state index contributed by atoms with van der Waals surface area (Å²) in [6.45, 7) is 6.31. The van der Waals surface area contributed by atoms with Crippen LogP contribution in [0.3, 0.4) is 0 Å². The van der Waals surface area contributed by atoms with Gasteiger partial charge in [0.2, 0.25) is 0 Å². The van der Waals surface area contributed by atoms with E-state index in [0.717, 1.165) is 5.92 Å². The number of fused-ring (bicyclic) bond motifs is 2. The van der Waals surface area contributed by atoms with Crippen LogP contribution in [-0.4, -0.2) is 32.0 Å². The largest absolute Gasteiger partial charge is 0.411 e. The first kappa shape index (κ1) is 15.1. The van der Waals surface area contributed by atoms with Crippen molar-refractivity contribution < 1.29 is 17.9 Å². The highest BCUT2D eigenvalue weighted by atomic mass is 19.4. The molecule has 2 saturated carbocycles. The lowest BCUT2D eigenvalue weighted by Crippen LogP contribution is -2.51. The van der Waals surface area contributed by atoms with Gasteiger partial charge in [0.05, 0.1) is 6.61 Å². The van der Waals surface area contributed by atoms with Crippen LogP contribution in [-0.2, 0) is 4.74 Å². The molecule has 3 unspecified atom stereocenters. The second-order valence-electron chi connectivity index (χ2n) is 6.97. The standard InChI is InChI=1S/C14H24F3NO/c1-12(2)10-4-5-13(3,8-10)11(12)18-6-7-19-9-14(15,16)17/h10-11,18H,4-9H2,1-3H3. The molecule has 19 heavy (non-hydrogen) atoms. The SMILES string of the molecule is CC12CCC(C1)C(C)(C)C2NCCOCC(F)(F)F. The smallest absolute Gasteiger partial charge is 0.371 e. The molecular weight excluding hydrogens is 255 g/mol. The van der Waals surface area contributed by atoms with Crippen molar-refractivity contribution >= 4 is 0 Å². The van der Waals surface area contributed by atoms with Crippen molar-refractivity contribution in [3.05, 3.63) is 0 Å². The predicted molar refractivity (Wildman–Crippen MR) is 67.9 cm³/mol. The molecule has 0 radical (unpaired) electrons. The van der Waals surface area contributed by atoms with E-state index < -0.39 is 12.8 Å². The van der Waals surface area contributed by atoms with Gasteiger partial charge in [0.15, 0.2) is 0 Å². The van der Waals surface area contributed by atoms with E-state index in [2.05, 4.69) is 30.8 Å². The van der Waals surface area contributed by atoms with E-state index in [4.69, 9.17) is 0 Å². The molecular formula is C14H24F3NO. The van der Waals surface area contributed by atoms with Crippen LogP contribution in [0.25, 0.3) is 0 Å². The summed E-state index contributed by atoms with van der Waals surface area (Å²) in [6, 6.07) is 0.383. The summed E-state index contributed by atoms with van der Waals surface area (Å²) in [5.74, 6) is 0.742. The summed E-state index contributed by atoms with van der Waals surface area (Å²) >= 11 is 0. The quantitative estimate of drug-likeness (QED) is 0.779. The van der Waals surface area contributed by atoms with Gasteiger partial charge in [0.1, 0.15) is 6.61 Å². The average molecular weight is 279 g/mol. The zero-order valence-corrected chi connectivity index (χ0v) is 11.9. The van der Waals surface area contributed by atoms with E-state index in [-0.39, 0.29) is 12.0 Å². The molecule has 2 fully saturated rings. The Morgan fingerprint density at radius 1 is 1.26 bits per heavy atom. The van der Waals surface area contributed by atoms with Crippen LogP contribution in [0, 0.1) is 16.7 Å². The van der Waals surface area contributed by atoms with Crippen molar-refractivity contribution in [3.63, 3.8) is 0 Å². The van der Waals surface area contributed by atoms with Gasteiger partial charge in [-0.2, -0.15) is 13.2 Å². The number of rotatable bonds is 5. The van der Waals surface area contributed by atoms with E-state index in [1.54, 1.807) is 0 Å². The molecule has 2 nitrogen and oxygen atoms in total. The van der Waals surface area contributed by atoms with Crippen molar-refractivity contribution in [2.24, 2.45) is 16.7 Å². The van der Waals surface area contributed by atoms with E-state index >= 15 is 0 Å². The van der Waals surface area contributed by atoms with Crippen molar-refractivity contribution in [1.29, 1.82) is 0 Å². The van der Waals surface area contributed by atoms with Gasteiger partial charge < -0.3 is 10.1 Å². The molecule has 0 amide bonds. The number of ether oxygens (including phenoxy) is 1. The van der Waals surface area contributed by atoms with Gasteiger partial charge in [-0.25, -0.2) is 0 Å². The van der Waals surface area contributed by atoms with Crippen LogP contribution in [0.5, 0.6) is 0 Å². The molecule has 0 aromatic heterocycles. The zero-order chi connectivity index (χ0) is 14.3. The van der Waals surface area contributed by atoms with Gasteiger partial charge in [-0.15, -0.1) is 0 Å². The van der Waals surface area contributed by atoms with Crippen LogP contribution in [0.2, 0.25) is 0 Å². The zero-order valence-electron chi connectivity index (χ0n) is 11.9. The number of alkyl halides is 3. The normalized spacial score (nSPS) is 36.9. The minimum atomic E-state index is -4.22. The van der Waals surface area contributed by atoms with Gasteiger partial charge in [-0.3, -0.25) is 0 Å². The summed E-state index contributed by atoms with van der Waals surface area (Å²) < 4.78 is 40.5. The monoisotopic (exact) mass is 279 g/mol. The fourth-order valence-electron chi connectivity index (χ4n) is 4.27. The minimum absolute atomic E-state index is 0.118.